The topological polar surface area (TPSA) is 38.0 Å². The van der Waals surface area contributed by atoms with Gasteiger partial charge in [-0.25, -0.2) is 18.6 Å². The van der Waals surface area contributed by atoms with Crippen molar-refractivity contribution >= 4 is 22.9 Å². The molecule has 7 heteroatoms. The van der Waals surface area contributed by atoms with Gasteiger partial charge in [-0.2, -0.15) is 0 Å². The lowest BCUT2D eigenvalue weighted by Crippen LogP contribution is -2.29. The highest BCUT2D eigenvalue weighted by Gasteiger charge is 2.23. The fourth-order valence-electron chi connectivity index (χ4n) is 1.62. The van der Waals surface area contributed by atoms with Crippen LogP contribution in [0.2, 0.25) is 4.34 Å². The Kier molecular flexibility index (Phi) is 3.91. The molecule has 2 nitrogen and oxygen atoms in total. The second-order valence-electron chi connectivity index (χ2n) is 3.52. The highest BCUT2D eigenvalue weighted by atomic mass is 35.5. The molecule has 0 radical (unpaired) electrons. The Bertz CT molecular complexity index is 550. The molecule has 1 aromatic carbocycles. The smallest absolute Gasteiger partial charge is 0.134 e. The SMILES string of the molecule is NNC(c1ccc(Cl)s1)c1c(F)cc(F)cc1F. The number of thiophene rings is 1. The van der Waals surface area contributed by atoms with Gasteiger partial charge in [0.25, 0.3) is 0 Å². The van der Waals surface area contributed by atoms with Gasteiger partial charge in [-0.1, -0.05) is 11.6 Å². The fraction of sp³-hybridized carbons (Fsp3) is 0.0909. The van der Waals surface area contributed by atoms with E-state index in [2.05, 4.69) is 5.43 Å². The van der Waals surface area contributed by atoms with Crippen molar-refractivity contribution in [3.8, 4) is 0 Å². The van der Waals surface area contributed by atoms with Gasteiger partial charge in [-0.15, -0.1) is 11.3 Å². The summed E-state index contributed by atoms with van der Waals surface area (Å²) in [7, 11) is 0. The molecule has 0 aliphatic rings. The largest absolute Gasteiger partial charge is 0.271 e. The van der Waals surface area contributed by atoms with Crippen LogP contribution < -0.4 is 11.3 Å². The molecule has 2 aromatic rings. The Morgan fingerprint density at radius 1 is 1.17 bits per heavy atom. The molecule has 0 amide bonds. The lowest BCUT2D eigenvalue weighted by molar-refractivity contribution is 0.494. The zero-order valence-electron chi connectivity index (χ0n) is 8.88. The average Bonchev–Trinajstić information content (AvgIpc) is 2.69. The van der Waals surface area contributed by atoms with Gasteiger partial charge >= 0.3 is 0 Å². The van der Waals surface area contributed by atoms with Crippen LogP contribution >= 0.6 is 22.9 Å². The summed E-state index contributed by atoms with van der Waals surface area (Å²) in [6.45, 7) is 0. The first-order chi connectivity index (χ1) is 8.52. The van der Waals surface area contributed by atoms with Gasteiger partial charge in [0.15, 0.2) is 0 Å². The van der Waals surface area contributed by atoms with Crippen LogP contribution in [0, 0.1) is 17.5 Å². The Labute approximate surface area is 110 Å². The molecule has 96 valence electrons. The summed E-state index contributed by atoms with van der Waals surface area (Å²) in [5, 5.41) is 0. The molecule has 0 aliphatic carbocycles. The summed E-state index contributed by atoms with van der Waals surface area (Å²) in [4.78, 5) is 0.534. The zero-order chi connectivity index (χ0) is 13.3. The van der Waals surface area contributed by atoms with Gasteiger partial charge in [-0.05, 0) is 12.1 Å². The van der Waals surface area contributed by atoms with Gasteiger partial charge in [0.1, 0.15) is 17.5 Å². The molecule has 1 heterocycles. The molecule has 18 heavy (non-hydrogen) atoms. The number of nitrogens with two attached hydrogens (primary N) is 1. The van der Waals surface area contributed by atoms with E-state index >= 15 is 0 Å². The summed E-state index contributed by atoms with van der Waals surface area (Å²) in [5.74, 6) is 2.33. The van der Waals surface area contributed by atoms with Crippen molar-refractivity contribution in [1.82, 2.24) is 5.43 Å². The molecule has 0 fully saturated rings. The number of benzene rings is 1. The minimum atomic E-state index is -1.00. The Balaban J connectivity index is 2.51. The Morgan fingerprint density at radius 2 is 1.78 bits per heavy atom. The number of rotatable bonds is 3. The third kappa shape index (κ3) is 2.51. The molecular weight excluding hydrogens is 285 g/mol. The maximum Gasteiger partial charge on any atom is 0.134 e. The lowest BCUT2D eigenvalue weighted by Gasteiger charge is -2.16. The predicted molar refractivity (Wildman–Crippen MR) is 64.8 cm³/mol. The number of nitrogens with one attached hydrogen (secondary N) is 1. The second kappa shape index (κ2) is 5.27. The van der Waals surface area contributed by atoms with Crippen LogP contribution in [0.25, 0.3) is 0 Å². The van der Waals surface area contributed by atoms with Gasteiger partial charge in [0, 0.05) is 22.6 Å². The number of hydrogen-bond acceptors (Lipinski definition) is 3. The normalized spacial score (nSPS) is 12.7. The van der Waals surface area contributed by atoms with Gasteiger partial charge in [-0.3, -0.25) is 5.84 Å². The van der Waals surface area contributed by atoms with Gasteiger partial charge < -0.3 is 0 Å². The monoisotopic (exact) mass is 292 g/mol. The van der Waals surface area contributed by atoms with E-state index in [0.717, 1.165) is 11.3 Å². The van der Waals surface area contributed by atoms with E-state index in [1.54, 1.807) is 12.1 Å². The molecule has 0 aliphatic heterocycles. The van der Waals surface area contributed by atoms with Crippen LogP contribution in [-0.4, -0.2) is 0 Å². The minimum Gasteiger partial charge on any atom is -0.271 e. The molecule has 0 saturated carbocycles. The number of halogens is 4. The van der Waals surface area contributed by atoms with E-state index in [9.17, 15) is 13.2 Å². The van der Waals surface area contributed by atoms with Crippen LogP contribution in [0.15, 0.2) is 24.3 Å². The van der Waals surface area contributed by atoms with Crippen molar-refractivity contribution < 1.29 is 13.2 Å². The molecule has 1 unspecified atom stereocenters. The molecule has 0 saturated heterocycles. The van der Waals surface area contributed by atoms with Gasteiger partial charge in [0.05, 0.1) is 10.4 Å². The predicted octanol–water partition coefficient (Wildman–Crippen LogP) is 3.37. The molecule has 1 aromatic heterocycles. The second-order valence-corrected chi connectivity index (χ2v) is 5.27. The van der Waals surface area contributed by atoms with E-state index in [1.165, 1.54) is 0 Å². The van der Waals surface area contributed by atoms with Crippen molar-refractivity contribution in [2.45, 2.75) is 6.04 Å². The molecule has 0 spiro atoms. The van der Waals surface area contributed by atoms with Crippen molar-refractivity contribution in [2.75, 3.05) is 0 Å². The van der Waals surface area contributed by atoms with Crippen LogP contribution in [0.1, 0.15) is 16.5 Å². The Morgan fingerprint density at radius 3 is 2.22 bits per heavy atom. The van der Waals surface area contributed by atoms with Crippen molar-refractivity contribution in [3.05, 3.63) is 56.5 Å². The first kappa shape index (κ1) is 13.4. The lowest BCUT2D eigenvalue weighted by atomic mass is 10.0. The van der Waals surface area contributed by atoms with E-state index in [-0.39, 0.29) is 5.56 Å². The first-order valence-electron chi connectivity index (χ1n) is 4.88. The first-order valence-corrected chi connectivity index (χ1v) is 6.08. The molecule has 0 bridgehead atoms. The third-order valence-electron chi connectivity index (χ3n) is 2.38. The molecule has 1 atom stereocenters. The third-order valence-corrected chi connectivity index (χ3v) is 3.67. The molecule has 3 N–H and O–H groups in total. The van der Waals surface area contributed by atoms with E-state index in [0.29, 0.717) is 21.3 Å². The van der Waals surface area contributed by atoms with Crippen LogP contribution in [0.3, 0.4) is 0 Å². The zero-order valence-corrected chi connectivity index (χ0v) is 10.5. The number of hydrogen-bond donors (Lipinski definition) is 2. The minimum absolute atomic E-state index is 0.336. The molecular formula is C11H8ClF3N2S. The molecule has 2 rings (SSSR count). The van der Waals surface area contributed by atoms with Gasteiger partial charge in [0.2, 0.25) is 0 Å². The average molecular weight is 293 g/mol. The standard InChI is InChI=1S/C11H8ClF3N2S/c12-9-2-1-8(18-9)11(17-16)10-6(14)3-5(13)4-7(10)15/h1-4,11,17H,16H2. The highest BCUT2D eigenvalue weighted by Crippen LogP contribution is 2.33. The summed E-state index contributed by atoms with van der Waals surface area (Å²) < 4.78 is 40.6. The summed E-state index contributed by atoms with van der Waals surface area (Å²) in [6.07, 6.45) is 0. The summed E-state index contributed by atoms with van der Waals surface area (Å²) >= 11 is 6.89. The van der Waals surface area contributed by atoms with E-state index < -0.39 is 23.5 Å². The Hall–Kier alpha value is -1.08. The highest BCUT2D eigenvalue weighted by molar-refractivity contribution is 7.16. The quantitative estimate of drug-likeness (QED) is 0.672. The van der Waals surface area contributed by atoms with Crippen LogP contribution in [0.5, 0.6) is 0 Å². The van der Waals surface area contributed by atoms with E-state index in [1.807, 2.05) is 0 Å². The van der Waals surface area contributed by atoms with Crippen molar-refractivity contribution in [1.29, 1.82) is 0 Å². The van der Waals surface area contributed by atoms with Crippen molar-refractivity contribution in [2.24, 2.45) is 5.84 Å². The van der Waals surface area contributed by atoms with E-state index in [4.69, 9.17) is 17.4 Å². The van der Waals surface area contributed by atoms with Crippen LogP contribution in [0.4, 0.5) is 13.2 Å². The van der Waals surface area contributed by atoms with Crippen LogP contribution in [-0.2, 0) is 0 Å². The summed E-state index contributed by atoms with van der Waals surface area (Å²) in [6, 6.07) is 3.49. The maximum atomic E-state index is 13.6. The summed E-state index contributed by atoms with van der Waals surface area (Å²) in [5.41, 5.74) is 1.96. The fourth-order valence-corrected chi connectivity index (χ4v) is 2.75. The maximum absolute atomic E-state index is 13.6. The van der Waals surface area contributed by atoms with Crippen molar-refractivity contribution in [3.63, 3.8) is 0 Å². The number of hydrazine groups is 1.